The molecule has 0 aromatic heterocycles. The molecule has 6 heteroatoms. The van der Waals surface area contributed by atoms with Crippen LogP contribution in [0.15, 0.2) is 206 Å². The molecule has 10 aromatic rings. The molecule has 6 nitrogen and oxygen atoms in total. The lowest BCUT2D eigenvalue weighted by Crippen LogP contribution is -2.62. The Morgan fingerprint density at radius 1 is 0.303 bits per heavy atom. The van der Waals surface area contributed by atoms with E-state index in [-0.39, 0.29) is 0 Å². The monoisotopic (exact) mass is 996 g/mol. The molecular weight excluding hydrogens is 933 g/mol. The zero-order valence-corrected chi connectivity index (χ0v) is 45.2. The molecule has 0 fully saturated rings. The lowest BCUT2D eigenvalue weighted by molar-refractivity contribution is 0.0595. The maximum atomic E-state index is 5.75. The molecule has 2 aliphatic carbocycles. The third kappa shape index (κ3) is 6.92. The van der Waals surface area contributed by atoms with Crippen molar-refractivity contribution in [1.29, 1.82) is 0 Å². The average molecular weight is 997 g/mol. The van der Waals surface area contributed by atoms with Gasteiger partial charge < -0.3 is 28.7 Å². The van der Waals surface area contributed by atoms with Crippen molar-refractivity contribution >= 4 is 55.7 Å². The molecule has 0 amide bonds. The summed E-state index contributed by atoms with van der Waals surface area (Å²) in [6, 6.07) is 75.7. The highest BCUT2D eigenvalue weighted by Crippen LogP contribution is 2.76. The maximum absolute atomic E-state index is 5.75. The van der Waals surface area contributed by atoms with Crippen molar-refractivity contribution in [1.82, 2.24) is 0 Å². The Morgan fingerprint density at radius 2 is 0.566 bits per heavy atom. The van der Waals surface area contributed by atoms with Crippen LogP contribution in [0.3, 0.4) is 0 Å². The van der Waals surface area contributed by atoms with Gasteiger partial charge in [0.05, 0.1) is 39.8 Å². The number of methoxy groups -OCH3 is 4. The molecule has 0 bridgehead atoms. The van der Waals surface area contributed by atoms with E-state index in [1.54, 1.807) is 28.4 Å². The van der Waals surface area contributed by atoms with Gasteiger partial charge in [0.2, 0.25) is 0 Å². The van der Waals surface area contributed by atoms with Gasteiger partial charge in [0.1, 0.15) is 23.0 Å². The van der Waals surface area contributed by atoms with Crippen LogP contribution in [0.1, 0.15) is 63.8 Å². The molecule has 10 aromatic carbocycles. The lowest BCUT2D eigenvalue weighted by atomic mass is 9.39. The summed E-state index contributed by atoms with van der Waals surface area (Å²) in [5, 5.41) is 4.74. The standard InChI is InChI=1S/C70H64N2O4/c1-67(2,3)69(59-25-17-15-23-57(59)65-55-21-13-11-19-53(55)63(43-61(65)69)71(45-27-35-49(73-7)36-28-45)46-29-37-50(74-8)38-30-46)70(68(4,5)6)60-26-18-16-24-58(60)66-56-22-14-12-20-54(56)64(44-62(66)70)72(47-31-39-51(75-9)40-32-47)48-33-41-52(76-10)42-34-48/h11-44H,1-10H3. The third-order valence-corrected chi connectivity index (χ3v) is 16.7. The van der Waals surface area contributed by atoms with Crippen LogP contribution in [0.5, 0.6) is 23.0 Å². The highest BCUT2D eigenvalue weighted by atomic mass is 16.5. The molecule has 2 unspecified atom stereocenters. The molecule has 0 heterocycles. The fourth-order valence-electron chi connectivity index (χ4n) is 13.9. The summed E-state index contributed by atoms with van der Waals surface area (Å²) >= 11 is 0. The van der Waals surface area contributed by atoms with Crippen molar-refractivity contribution in [2.75, 3.05) is 38.2 Å². The van der Waals surface area contributed by atoms with Crippen molar-refractivity contribution in [2.24, 2.45) is 10.8 Å². The quantitative estimate of drug-likeness (QED) is 0.129. The first-order chi connectivity index (χ1) is 36.8. The molecular formula is C70H64N2O4. The van der Waals surface area contributed by atoms with Gasteiger partial charge in [0.25, 0.3) is 0 Å². The maximum Gasteiger partial charge on any atom is 0.119 e. The summed E-state index contributed by atoms with van der Waals surface area (Å²) in [6.07, 6.45) is 0. The number of fused-ring (bicyclic) bond motifs is 10. The molecule has 76 heavy (non-hydrogen) atoms. The van der Waals surface area contributed by atoms with E-state index in [0.717, 1.165) is 67.9 Å². The van der Waals surface area contributed by atoms with Crippen molar-refractivity contribution in [3.05, 3.63) is 229 Å². The predicted octanol–water partition coefficient (Wildman–Crippen LogP) is 18.3. The van der Waals surface area contributed by atoms with Crippen molar-refractivity contribution in [3.8, 4) is 45.3 Å². The van der Waals surface area contributed by atoms with Crippen LogP contribution in [0, 0.1) is 10.8 Å². The Hall–Kier alpha value is -8.48. The van der Waals surface area contributed by atoms with Crippen LogP contribution < -0.4 is 28.7 Å². The molecule has 0 spiro atoms. The summed E-state index contributed by atoms with van der Waals surface area (Å²) < 4.78 is 23.0. The van der Waals surface area contributed by atoms with Gasteiger partial charge in [0, 0.05) is 44.4 Å². The van der Waals surface area contributed by atoms with E-state index >= 15 is 0 Å². The predicted molar refractivity (Wildman–Crippen MR) is 315 cm³/mol. The zero-order valence-electron chi connectivity index (χ0n) is 45.2. The summed E-state index contributed by atoms with van der Waals surface area (Å²) in [7, 11) is 6.89. The summed E-state index contributed by atoms with van der Waals surface area (Å²) in [5.74, 6) is 3.20. The van der Waals surface area contributed by atoms with Gasteiger partial charge in [-0.25, -0.2) is 0 Å². The highest BCUT2D eigenvalue weighted by Gasteiger charge is 2.71. The molecule has 0 N–H and O–H groups in total. The lowest BCUT2D eigenvalue weighted by Gasteiger charge is -2.62. The smallest absolute Gasteiger partial charge is 0.119 e. The minimum atomic E-state index is -0.722. The van der Waals surface area contributed by atoms with Gasteiger partial charge in [0.15, 0.2) is 0 Å². The van der Waals surface area contributed by atoms with E-state index in [0.29, 0.717) is 0 Å². The summed E-state index contributed by atoms with van der Waals surface area (Å²) in [5.41, 5.74) is 14.3. The SMILES string of the molecule is COc1ccc(N(c2ccc(OC)cc2)c2cc3c(c4ccccc24)-c2ccccc2C3(C(C)(C)C)C2(C(C)(C)C)c3ccccc3-c3c2cc(N(c2ccc(OC)cc2)c2ccc(OC)cc2)c2ccccc32)cc1. The first-order valence-electron chi connectivity index (χ1n) is 26.3. The van der Waals surface area contributed by atoms with Crippen LogP contribution in [0.4, 0.5) is 34.1 Å². The molecule has 12 rings (SSSR count). The number of ether oxygens (including phenoxy) is 4. The summed E-state index contributed by atoms with van der Waals surface area (Å²) in [4.78, 5) is 4.84. The number of nitrogens with zero attached hydrogens (tertiary/aromatic N) is 2. The second-order valence-corrected chi connectivity index (χ2v) is 22.3. The molecule has 2 aliphatic rings. The van der Waals surface area contributed by atoms with Gasteiger partial charge in [-0.2, -0.15) is 0 Å². The second kappa shape index (κ2) is 18.1. The zero-order chi connectivity index (χ0) is 52.7. The van der Waals surface area contributed by atoms with E-state index in [1.807, 2.05) is 0 Å². The Morgan fingerprint density at radius 3 is 0.842 bits per heavy atom. The Bertz CT molecular complexity index is 3480. The second-order valence-electron chi connectivity index (χ2n) is 22.3. The molecule has 378 valence electrons. The van der Waals surface area contributed by atoms with Gasteiger partial charge in [-0.05, 0) is 175 Å². The number of rotatable bonds is 11. The first-order valence-corrected chi connectivity index (χ1v) is 26.3. The molecule has 0 radical (unpaired) electrons. The Labute approximate surface area is 447 Å². The fraction of sp³-hybridized carbons (Fsp3) is 0.200. The van der Waals surface area contributed by atoms with Crippen molar-refractivity contribution in [3.63, 3.8) is 0 Å². The number of benzene rings is 10. The fourth-order valence-corrected chi connectivity index (χ4v) is 13.9. The van der Waals surface area contributed by atoms with Crippen LogP contribution in [-0.4, -0.2) is 28.4 Å². The molecule has 2 atom stereocenters. The number of anilines is 6. The highest BCUT2D eigenvalue weighted by molar-refractivity contribution is 6.13. The van der Waals surface area contributed by atoms with Crippen LogP contribution in [-0.2, 0) is 10.8 Å². The number of hydrogen-bond acceptors (Lipinski definition) is 6. The summed E-state index contributed by atoms with van der Waals surface area (Å²) in [6.45, 7) is 15.0. The number of hydrogen-bond donors (Lipinski definition) is 0. The van der Waals surface area contributed by atoms with E-state index in [1.165, 1.54) is 55.3 Å². The molecule has 0 saturated heterocycles. The minimum Gasteiger partial charge on any atom is -0.497 e. The van der Waals surface area contributed by atoms with Crippen LogP contribution >= 0.6 is 0 Å². The topological polar surface area (TPSA) is 43.4 Å². The normalized spacial score (nSPS) is 16.4. The minimum absolute atomic E-state index is 0.432. The van der Waals surface area contributed by atoms with Crippen molar-refractivity contribution in [2.45, 2.75) is 52.4 Å². The van der Waals surface area contributed by atoms with Crippen LogP contribution in [0.25, 0.3) is 43.8 Å². The Balaban J connectivity index is 1.26. The van der Waals surface area contributed by atoms with E-state index in [9.17, 15) is 0 Å². The van der Waals surface area contributed by atoms with Crippen molar-refractivity contribution < 1.29 is 18.9 Å². The molecule has 0 aliphatic heterocycles. The van der Waals surface area contributed by atoms with Gasteiger partial charge in [-0.15, -0.1) is 0 Å². The van der Waals surface area contributed by atoms with E-state index in [2.05, 4.69) is 258 Å². The van der Waals surface area contributed by atoms with E-state index < -0.39 is 21.7 Å². The third-order valence-electron chi connectivity index (χ3n) is 16.7. The van der Waals surface area contributed by atoms with E-state index in [4.69, 9.17) is 18.9 Å². The molecule has 0 saturated carbocycles. The first kappa shape index (κ1) is 48.5. The van der Waals surface area contributed by atoms with Crippen LogP contribution in [0.2, 0.25) is 0 Å². The van der Waals surface area contributed by atoms with Gasteiger partial charge in [-0.1, -0.05) is 139 Å². The largest absolute Gasteiger partial charge is 0.497 e. The van der Waals surface area contributed by atoms with Gasteiger partial charge in [-0.3, -0.25) is 0 Å². The Kier molecular flexibility index (Phi) is 11.6. The van der Waals surface area contributed by atoms with Gasteiger partial charge >= 0.3 is 0 Å². The average Bonchev–Trinajstić information content (AvgIpc) is 2.45.